The van der Waals surface area contributed by atoms with Crippen LogP contribution in [0.25, 0.3) is 0 Å². The van der Waals surface area contributed by atoms with Crippen LogP contribution in [-0.4, -0.2) is 27.4 Å². The molecule has 0 aliphatic carbocycles. The summed E-state index contributed by atoms with van der Waals surface area (Å²) >= 11 is 1.17. The SMILES string of the molecule is CCc1nnsc1C(=O)N(C)C(C)c1ccc(C)cc1. The Morgan fingerprint density at radius 1 is 1.35 bits per heavy atom. The molecule has 1 aromatic carbocycles. The van der Waals surface area contributed by atoms with E-state index in [-0.39, 0.29) is 11.9 Å². The minimum atomic E-state index is -0.00933. The van der Waals surface area contributed by atoms with Crippen molar-refractivity contribution in [3.05, 3.63) is 46.0 Å². The van der Waals surface area contributed by atoms with E-state index in [1.807, 2.05) is 20.9 Å². The summed E-state index contributed by atoms with van der Waals surface area (Å²) in [6.07, 6.45) is 0.727. The van der Waals surface area contributed by atoms with Crippen molar-refractivity contribution in [2.75, 3.05) is 7.05 Å². The molecule has 1 unspecified atom stereocenters. The van der Waals surface area contributed by atoms with Gasteiger partial charge in [-0.15, -0.1) is 5.10 Å². The summed E-state index contributed by atoms with van der Waals surface area (Å²) in [5.41, 5.74) is 3.12. The van der Waals surface area contributed by atoms with E-state index in [1.165, 1.54) is 17.1 Å². The first kappa shape index (κ1) is 14.7. The van der Waals surface area contributed by atoms with Crippen molar-refractivity contribution in [3.8, 4) is 0 Å². The van der Waals surface area contributed by atoms with Crippen LogP contribution in [0.5, 0.6) is 0 Å². The summed E-state index contributed by atoms with van der Waals surface area (Å²) in [6.45, 7) is 6.07. The predicted molar refractivity (Wildman–Crippen MR) is 81.0 cm³/mol. The Labute approximate surface area is 123 Å². The van der Waals surface area contributed by atoms with Crippen molar-refractivity contribution < 1.29 is 4.79 Å². The lowest BCUT2D eigenvalue weighted by Gasteiger charge is -2.25. The van der Waals surface area contributed by atoms with Crippen LogP contribution in [0.2, 0.25) is 0 Å². The number of hydrogen-bond donors (Lipinski definition) is 0. The van der Waals surface area contributed by atoms with Crippen LogP contribution < -0.4 is 0 Å². The number of nitrogens with zero attached hydrogens (tertiary/aromatic N) is 3. The summed E-state index contributed by atoms with van der Waals surface area (Å²) in [4.78, 5) is 14.9. The highest BCUT2D eigenvalue weighted by atomic mass is 32.1. The quantitative estimate of drug-likeness (QED) is 0.868. The zero-order valence-electron chi connectivity index (χ0n) is 12.3. The molecule has 2 aromatic rings. The highest BCUT2D eigenvalue weighted by Gasteiger charge is 2.23. The number of hydrogen-bond acceptors (Lipinski definition) is 4. The van der Waals surface area contributed by atoms with Gasteiger partial charge in [0, 0.05) is 7.05 Å². The maximum absolute atomic E-state index is 12.5. The molecule has 1 heterocycles. The molecule has 1 atom stereocenters. The molecule has 1 amide bonds. The first-order valence-corrected chi connectivity index (χ1v) is 7.46. The van der Waals surface area contributed by atoms with Gasteiger partial charge < -0.3 is 4.90 Å². The van der Waals surface area contributed by atoms with Crippen molar-refractivity contribution in [2.24, 2.45) is 0 Å². The van der Waals surface area contributed by atoms with Crippen molar-refractivity contribution in [3.63, 3.8) is 0 Å². The first-order chi connectivity index (χ1) is 9.54. The summed E-state index contributed by atoms with van der Waals surface area (Å²) in [6, 6.07) is 8.28. The van der Waals surface area contributed by atoms with Gasteiger partial charge in [0.05, 0.1) is 11.7 Å². The molecule has 4 nitrogen and oxygen atoms in total. The topological polar surface area (TPSA) is 46.1 Å². The molecule has 20 heavy (non-hydrogen) atoms. The van der Waals surface area contributed by atoms with E-state index >= 15 is 0 Å². The van der Waals surface area contributed by atoms with E-state index < -0.39 is 0 Å². The molecule has 0 radical (unpaired) electrons. The highest BCUT2D eigenvalue weighted by Crippen LogP contribution is 2.23. The van der Waals surface area contributed by atoms with Crippen LogP contribution in [0.15, 0.2) is 24.3 Å². The Morgan fingerprint density at radius 2 is 2.00 bits per heavy atom. The van der Waals surface area contributed by atoms with Gasteiger partial charge in [-0.2, -0.15) is 0 Å². The van der Waals surface area contributed by atoms with Gasteiger partial charge in [-0.1, -0.05) is 41.2 Å². The number of aryl methyl sites for hydroxylation is 2. The summed E-state index contributed by atoms with van der Waals surface area (Å²) in [7, 11) is 1.83. The van der Waals surface area contributed by atoms with Crippen molar-refractivity contribution >= 4 is 17.4 Å². The molecule has 0 spiro atoms. The fourth-order valence-electron chi connectivity index (χ4n) is 2.01. The van der Waals surface area contributed by atoms with Gasteiger partial charge in [-0.25, -0.2) is 0 Å². The molecule has 0 bridgehead atoms. The van der Waals surface area contributed by atoms with Crippen LogP contribution >= 0.6 is 11.5 Å². The van der Waals surface area contributed by atoms with Crippen LogP contribution in [-0.2, 0) is 6.42 Å². The largest absolute Gasteiger partial charge is 0.334 e. The molecule has 106 valence electrons. The third kappa shape index (κ3) is 2.88. The fourth-order valence-corrected chi connectivity index (χ4v) is 2.74. The van der Waals surface area contributed by atoms with E-state index in [1.54, 1.807) is 4.90 Å². The third-order valence-electron chi connectivity index (χ3n) is 3.55. The molecule has 2 rings (SSSR count). The second kappa shape index (κ2) is 6.13. The standard InChI is InChI=1S/C15H19N3OS/c1-5-13-14(20-17-16-13)15(19)18(4)11(3)12-8-6-10(2)7-9-12/h6-9,11H,5H2,1-4H3. The Morgan fingerprint density at radius 3 is 2.60 bits per heavy atom. The molecule has 0 fully saturated rings. The molecule has 0 saturated heterocycles. The smallest absolute Gasteiger partial charge is 0.267 e. The lowest BCUT2D eigenvalue weighted by atomic mass is 10.1. The van der Waals surface area contributed by atoms with Gasteiger partial charge in [0.15, 0.2) is 0 Å². The molecular weight excluding hydrogens is 270 g/mol. The molecular formula is C15H19N3OS. The van der Waals surface area contributed by atoms with Crippen molar-refractivity contribution in [2.45, 2.75) is 33.2 Å². The highest BCUT2D eigenvalue weighted by molar-refractivity contribution is 7.08. The number of carbonyl (C=O) groups is 1. The lowest BCUT2D eigenvalue weighted by molar-refractivity contribution is 0.0746. The van der Waals surface area contributed by atoms with E-state index in [0.717, 1.165) is 17.7 Å². The Hall–Kier alpha value is -1.75. The molecule has 0 saturated carbocycles. The summed E-state index contributed by atoms with van der Waals surface area (Å²) in [5.74, 6) is -0.00933. The minimum Gasteiger partial charge on any atom is -0.334 e. The zero-order valence-corrected chi connectivity index (χ0v) is 13.1. The number of carbonyl (C=O) groups excluding carboxylic acids is 1. The van der Waals surface area contributed by atoms with Crippen LogP contribution in [0.4, 0.5) is 0 Å². The third-order valence-corrected chi connectivity index (χ3v) is 4.30. The number of rotatable bonds is 4. The number of aromatic nitrogens is 2. The second-order valence-corrected chi connectivity index (χ2v) is 5.66. The molecule has 0 aliphatic heterocycles. The number of benzene rings is 1. The van der Waals surface area contributed by atoms with Gasteiger partial charge in [-0.05, 0) is 37.4 Å². The van der Waals surface area contributed by atoms with Crippen molar-refractivity contribution in [1.82, 2.24) is 14.5 Å². The lowest BCUT2D eigenvalue weighted by Crippen LogP contribution is -2.29. The maximum atomic E-state index is 12.5. The average molecular weight is 289 g/mol. The Bertz CT molecular complexity index is 591. The van der Waals surface area contributed by atoms with E-state index in [0.29, 0.717) is 4.88 Å². The first-order valence-electron chi connectivity index (χ1n) is 6.69. The van der Waals surface area contributed by atoms with E-state index in [4.69, 9.17) is 0 Å². The van der Waals surface area contributed by atoms with Crippen LogP contribution in [0.1, 0.15) is 46.4 Å². The maximum Gasteiger partial charge on any atom is 0.267 e. The van der Waals surface area contributed by atoms with E-state index in [9.17, 15) is 4.79 Å². The van der Waals surface area contributed by atoms with Gasteiger partial charge in [0.2, 0.25) is 0 Å². The molecule has 0 N–H and O–H groups in total. The van der Waals surface area contributed by atoms with Gasteiger partial charge in [0.1, 0.15) is 4.88 Å². The van der Waals surface area contributed by atoms with Gasteiger partial charge in [0.25, 0.3) is 5.91 Å². The van der Waals surface area contributed by atoms with E-state index in [2.05, 4.69) is 40.8 Å². The zero-order chi connectivity index (χ0) is 14.7. The normalized spacial score (nSPS) is 12.2. The monoisotopic (exact) mass is 289 g/mol. The average Bonchev–Trinajstić information content (AvgIpc) is 2.94. The van der Waals surface area contributed by atoms with Gasteiger partial charge >= 0.3 is 0 Å². The van der Waals surface area contributed by atoms with Gasteiger partial charge in [-0.3, -0.25) is 4.79 Å². The Kier molecular flexibility index (Phi) is 4.49. The molecule has 5 heteroatoms. The second-order valence-electron chi connectivity index (χ2n) is 4.91. The summed E-state index contributed by atoms with van der Waals surface area (Å²) in [5, 5.41) is 4.00. The fraction of sp³-hybridized carbons (Fsp3) is 0.400. The summed E-state index contributed by atoms with van der Waals surface area (Å²) < 4.78 is 3.88. The Balaban J connectivity index is 2.20. The van der Waals surface area contributed by atoms with Crippen LogP contribution in [0.3, 0.4) is 0 Å². The van der Waals surface area contributed by atoms with Crippen molar-refractivity contribution in [1.29, 1.82) is 0 Å². The molecule has 0 aliphatic rings. The number of amides is 1. The van der Waals surface area contributed by atoms with Crippen LogP contribution in [0, 0.1) is 6.92 Å². The predicted octanol–water partition coefficient (Wildman–Crippen LogP) is 3.24. The minimum absolute atomic E-state index is 0.00933. The molecule has 1 aromatic heterocycles.